The Bertz CT molecular complexity index is 339. The molecule has 0 saturated carbocycles. The minimum Gasteiger partial charge on any atom is -0.469 e. The van der Waals surface area contributed by atoms with Crippen molar-refractivity contribution in [3.05, 3.63) is 35.9 Å². The van der Waals surface area contributed by atoms with E-state index in [4.69, 9.17) is 0 Å². The lowest BCUT2D eigenvalue weighted by Crippen LogP contribution is -2.40. The molecule has 1 N–H and O–H groups in total. The molecule has 0 amide bonds. The second-order valence-electron chi connectivity index (χ2n) is 4.48. The molecule has 0 unspecified atom stereocenters. The molecule has 0 saturated heterocycles. The molecule has 1 aromatic carbocycles. The summed E-state index contributed by atoms with van der Waals surface area (Å²) in [5.74, 6) is -0.189. The van der Waals surface area contributed by atoms with Crippen LogP contribution in [0.2, 0.25) is 0 Å². The zero-order valence-corrected chi connectivity index (χ0v) is 11.3. The van der Waals surface area contributed by atoms with E-state index in [2.05, 4.69) is 22.2 Å². The van der Waals surface area contributed by atoms with Gasteiger partial charge in [0.25, 0.3) is 0 Å². The van der Waals surface area contributed by atoms with Gasteiger partial charge in [0.15, 0.2) is 0 Å². The molecule has 0 bridgehead atoms. The van der Waals surface area contributed by atoms with E-state index >= 15 is 0 Å². The number of esters is 1. The minimum atomic E-state index is -0.247. The van der Waals surface area contributed by atoms with Gasteiger partial charge in [-0.15, -0.1) is 12.4 Å². The lowest BCUT2D eigenvalue weighted by molar-refractivity contribution is -0.142. The zero-order chi connectivity index (χ0) is 12.0. The van der Waals surface area contributed by atoms with Gasteiger partial charge in [0.2, 0.25) is 0 Å². The SMILES string of the molecule is COC(=O)CC(C)(C)NCc1ccccc1.Cl. The van der Waals surface area contributed by atoms with Gasteiger partial charge in [0.1, 0.15) is 0 Å². The molecule has 0 heterocycles. The average molecular weight is 258 g/mol. The van der Waals surface area contributed by atoms with Crippen molar-refractivity contribution in [3.63, 3.8) is 0 Å². The maximum absolute atomic E-state index is 11.2. The number of benzene rings is 1. The molecule has 17 heavy (non-hydrogen) atoms. The Morgan fingerprint density at radius 1 is 1.29 bits per heavy atom. The van der Waals surface area contributed by atoms with Crippen LogP contribution in [0.4, 0.5) is 0 Å². The highest BCUT2D eigenvalue weighted by Crippen LogP contribution is 2.10. The summed E-state index contributed by atoms with van der Waals surface area (Å²) < 4.78 is 4.66. The summed E-state index contributed by atoms with van der Waals surface area (Å²) in [6.45, 7) is 4.74. The number of carbonyl (C=O) groups is 1. The molecule has 96 valence electrons. The summed E-state index contributed by atoms with van der Waals surface area (Å²) in [7, 11) is 1.41. The van der Waals surface area contributed by atoms with Crippen LogP contribution in [0.1, 0.15) is 25.8 Å². The summed E-state index contributed by atoms with van der Waals surface area (Å²) in [5.41, 5.74) is 0.962. The molecule has 0 aliphatic heterocycles. The largest absolute Gasteiger partial charge is 0.469 e. The predicted molar refractivity (Wildman–Crippen MR) is 71.2 cm³/mol. The van der Waals surface area contributed by atoms with Crippen LogP contribution in [-0.4, -0.2) is 18.6 Å². The van der Waals surface area contributed by atoms with Crippen molar-refractivity contribution in [1.29, 1.82) is 0 Å². The van der Waals surface area contributed by atoms with Crippen LogP contribution in [0.25, 0.3) is 0 Å². The van der Waals surface area contributed by atoms with Gasteiger partial charge in [-0.1, -0.05) is 30.3 Å². The lowest BCUT2D eigenvalue weighted by atomic mass is 10.0. The third-order valence-electron chi connectivity index (χ3n) is 2.43. The normalized spacial score (nSPS) is 10.5. The van der Waals surface area contributed by atoms with Gasteiger partial charge in [0, 0.05) is 12.1 Å². The van der Waals surface area contributed by atoms with Crippen LogP contribution in [0, 0.1) is 0 Å². The Balaban J connectivity index is 0.00000256. The highest BCUT2D eigenvalue weighted by Gasteiger charge is 2.21. The highest BCUT2D eigenvalue weighted by molar-refractivity contribution is 5.85. The van der Waals surface area contributed by atoms with Crippen LogP contribution >= 0.6 is 12.4 Å². The van der Waals surface area contributed by atoms with E-state index in [0.29, 0.717) is 6.42 Å². The van der Waals surface area contributed by atoms with Gasteiger partial charge in [-0.3, -0.25) is 4.79 Å². The van der Waals surface area contributed by atoms with Crippen molar-refractivity contribution >= 4 is 18.4 Å². The number of methoxy groups -OCH3 is 1. The Kier molecular flexibility index (Phi) is 6.85. The molecule has 0 aliphatic rings. The average Bonchev–Trinajstić information content (AvgIpc) is 2.27. The minimum absolute atomic E-state index is 0. The Morgan fingerprint density at radius 3 is 2.41 bits per heavy atom. The number of ether oxygens (including phenoxy) is 1. The number of rotatable bonds is 5. The molecule has 4 heteroatoms. The summed E-state index contributed by atoms with van der Waals surface area (Å²) in [6.07, 6.45) is 0.371. The van der Waals surface area contributed by atoms with E-state index in [0.717, 1.165) is 6.54 Å². The topological polar surface area (TPSA) is 38.3 Å². The molecule has 1 aromatic rings. The van der Waals surface area contributed by atoms with Gasteiger partial charge in [-0.25, -0.2) is 0 Å². The Hall–Kier alpha value is -1.06. The standard InChI is InChI=1S/C13H19NO2.ClH/c1-13(2,9-12(15)16-3)14-10-11-7-5-4-6-8-11;/h4-8,14H,9-10H2,1-3H3;1H. The predicted octanol–water partition coefficient (Wildman–Crippen LogP) is 2.54. The van der Waals surface area contributed by atoms with Gasteiger partial charge < -0.3 is 10.1 Å². The monoisotopic (exact) mass is 257 g/mol. The Morgan fingerprint density at radius 2 is 1.88 bits per heavy atom. The van der Waals surface area contributed by atoms with E-state index < -0.39 is 0 Å². The quantitative estimate of drug-likeness (QED) is 0.824. The highest BCUT2D eigenvalue weighted by atomic mass is 35.5. The third-order valence-corrected chi connectivity index (χ3v) is 2.43. The molecule has 0 aromatic heterocycles. The van der Waals surface area contributed by atoms with Gasteiger partial charge in [-0.2, -0.15) is 0 Å². The molecule has 0 atom stereocenters. The van der Waals surface area contributed by atoms with Crippen LogP contribution in [0.15, 0.2) is 30.3 Å². The third kappa shape index (κ3) is 6.29. The number of carbonyl (C=O) groups excluding carboxylic acids is 1. The van der Waals surface area contributed by atoms with Crippen molar-refractivity contribution in [2.45, 2.75) is 32.4 Å². The maximum atomic E-state index is 11.2. The van der Waals surface area contributed by atoms with E-state index in [1.807, 2.05) is 32.0 Å². The van der Waals surface area contributed by atoms with Crippen molar-refractivity contribution in [2.75, 3.05) is 7.11 Å². The fraction of sp³-hybridized carbons (Fsp3) is 0.462. The number of hydrogen-bond acceptors (Lipinski definition) is 3. The number of nitrogens with one attached hydrogen (secondary N) is 1. The van der Waals surface area contributed by atoms with Crippen molar-refractivity contribution in [1.82, 2.24) is 5.32 Å². The molecular weight excluding hydrogens is 238 g/mol. The van der Waals surface area contributed by atoms with Crippen molar-refractivity contribution < 1.29 is 9.53 Å². The van der Waals surface area contributed by atoms with Crippen LogP contribution in [0.5, 0.6) is 0 Å². The molecule has 0 radical (unpaired) electrons. The van der Waals surface area contributed by atoms with E-state index in [-0.39, 0.29) is 23.9 Å². The van der Waals surface area contributed by atoms with Crippen LogP contribution in [-0.2, 0) is 16.1 Å². The van der Waals surface area contributed by atoms with E-state index in [9.17, 15) is 4.79 Å². The fourth-order valence-electron chi connectivity index (χ4n) is 1.43. The Labute approximate surface area is 109 Å². The van der Waals surface area contributed by atoms with E-state index in [1.54, 1.807) is 0 Å². The first-order chi connectivity index (χ1) is 7.53. The molecule has 0 spiro atoms. The lowest BCUT2D eigenvalue weighted by Gasteiger charge is -2.25. The molecule has 0 aliphatic carbocycles. The zero-order valence-electron chi connectivity index (χ0n) is 10.5. The second kappa shape index (κ2) is 7.30. The summed E-state index contributed by atoms with van der Waals surface area (Å²) in [4.78, 5) is 11.2. The van der Waals surface area contributed by atoms with Gasteiger partial charge in [0.05, 0.1) is 13.5 Å². The summed E-state index contributed by atoms with van der Waals surface area (Å²) in [6, 6.07) is 10.1. The van der Waals surface area contributed by atoms with Crippen LogP contribution in [0.3, 0.4) is 0 Å². The summed E-state index contributed by atoms with van der Waals surface area (Å²) >= 11 is 0. The first-order valence-corrected chi connectivity index (χ1v) is 5.39. The molecule has 3 nitrogen and oxygen atoms in total. The second-order valence-corrected chi connectivity index (χ2v) is 4.48. The number of hydrogen-bond donors (Lipinski definition) is 1. The van der Waals surface area contributed by atoms with Crippen LogP contribution < -0.4 is 5.32 Å². The maximum Gasteiger partial charge on any atom is 0.307 e. The van der Waals surface area contributed by atoms with Gasteiger partial charge >= 0.3 is 5.97 Å². The molecular formula is C13H20ClNO2. The number of halogens is 1. The smallest absolute Gasteiger partial charge is 0.307 e. The van der Waals surface area contributed by atoms with Crippen molar-refractivity contribution in [2.24, 2.45) is 0 Å². The molecule has 0 fully saturated rings. The first-order valence-electron chi connectivity index (χ1n) is 5.39. The molecule has 1 rings (SSSR count). The van der Waals surface area contributed by atoms with E-state index in [1.165, 1.54) is 12.7 Å². The first kappa shape index (κ1) is 15.9. The summed E-state index contributed by atoms with van der Waals surface area (Å²) in [5, 5.41) is 3.34. The van der Waals surface area contributed by atoms with Crippen molar-refractivity contribution in [3.8, 4) is 0 Å². The van der Waals surface area contributed by atoms with Gasteiger partial charge in [-0.05, 0) is 19.4 Å². The fourth-order valence-corrected chi connectivity index (χ4v) is 1.43.